The molecule has 176 valence electrons. The Morgan fingerprint density at radius 3 is 2.59 bits per heavy atom. The lowest BCUT2D eigenvalue weighted by Gasteiger charge is -2.24. The Morgan fingerprint density at radius 1 is 1.21 bits per heavy atom. The monoisotopic (exact) mass is 542 g/mol. The summed E-state index contributed by atoms with van der Waals surface area (Å²) in [6.45, 7) is 6.15. The second-order valence-electron chi connectivity index (χ2n) is 7.52. The number of aromatic hydroxyl groups is 1. The van der Waals surface area contributed by atoms with Crippen LogP contribution >= 0.6 is 27.3 Å². The Morgan fingerprint density at radius 2 is 1.94 bits per heavy atom. The van der Waals surface area contributed by atoms with E-state index in [1.54, 1.807) is 42.7 Å². The molecular formula is C25H23BrN2O5S. The van der Waals surface area contributed by atoms with Gasteiger partial charge in [0.15, 0.2) is 4.80 Å². The molecule has 0 aliphatic carbocycles. The molecule has 7 nitrogen and oxygen atoms in total. The van der Waals surface area contributed by atoms with Gasteiger partial charge in [-0.1, -0.05) is 29.5 Å². The first kappa shape index (κ1) is 24.0. The average Bonchev–Trinajstić information content (AvgIpc) is 3.10. The second-order valence-corrected chi connectivity index (χ2v) is 9.38. The Bertz CT molecular complexity index is 1450. The number of fused-ring (bicyclic) bond motifs is 1. The number of thiazole rings is 1. The minimum absolute atomic E-state index is 0.115. The van der Waals surface area contributed by atoms with Crippen molar-refractivity contribution in [2.75, 3.05) is 13.2 Å². The number of phenols is 1. The first-order valence-corrected chi connectivity index (χ1v) is 12.4. The van der Waals surface area contributed by atoms with Crippen LogP contribution in [-0.4, -0.2) is 28.9 Å². The maximum atomic E-state index is 13.6. The maximum Gasteiger partial charge on any atom is 0.338 e. The molecule has 2 heterocycles. The summed E-state index contributed by atoms with van der Waals surface area (Å²) < 4.78 is 13.4. The van der Waals surface area contributed by atoms with Gasteiger partial charge >= 0.3 is 5.97 Å². The Hall–Kier alpha value is -3.17. The van der Waals surface area contributed by atoms with Crippen molar-refractivity contribution in [2.24, 2.45) is 4.99 Å². The van der Waals surface area contributed by atoms with Crippen LogP contribution in [0.4, 0.5) is 0 Å². The maximum absolute atomic E-state index is 13.6. The average molecular weight is 543 g/mol. The van der Waals surface area contributed by atoms with Crippen LogP contribution in [-0.2, 0) is 9.53 Å². The normalized spacial score (nSPS) is 15.6. The fourth-order valence-corrected chi connectivity index (χ4v) is 5.23. The van der Waals surface area contributed by atoms with Gasteiger partial charge in [-0.2, -0.15) is 0 Å². The number of ether oxygens (including phenoxy) is 2. The molecule has 0 spiro atoms. The molecule has 0 fully saturated rings. The van der Waals surface area contributed by atoms with Gasteiger partial charge in [0, 0.05) is 0 Å². The predicted molar refractivity (Wildman–Crippen MR) is 134 cm³/mol. The zero-order valence-electron chi connectivity index (χ0n) is 18.9. The summed E-state index contributed by atoms with van der Waals surface area (Å²) in [5, 5.41) is 9.77. The van der Waals surface area contributed by atoms with Crippen LogP contribution in [0.5, 0.6) is 11.5 Å². The summed E-state index contributed by atoms with van der Waals surface area (Å²) in [4.78, 5) is 31.6. The summed E-state index contributed by atoms with van der Waals surface area (Å²) in [6, 6.07) is 11.7. The number of hydrogen-bond donors (Lipinski definition) is 1. The minimum Gasteiger partial charge on any atom is -0.507 e. The van der Waals surface area contributed by atoms with E-state index in [0.717, 1.165) is 11.1 Å². The quantitative estimate of drug-likeness (QED) is 0.480. The zero-order valence-corrected chi connectivity index (χ0v) is 21.3. The van der Waals surface area contributed by atoms with Crippen molar-refractivity contribution >= 4 is 39.3 Å². The molecule has 1 N–H and O–H groups in total. The fourth-order valence-electron chi connectivity index (χ4n) is 3.78. The van der Waals surface area contributed by atoms with Gasteiger partial charge in [-0.25, -0.2) is 9.79 Å². The van der Waals surface area contributed by atoms with E-state index in [1.807, 2.05) is 31.2 Å². The highest BCUT2D eigenvalue weighted by atomic mass is 79.9. The number of carbonyl (C=O) groups excluding carboxylic acids is 1. The fraction of sp³-hybridized carbons (Fsp3) is 0.240. The van der Waals surface area contributed by atoms with Gasteiger partial charge in [0.05, 0.1) is 39.5 Å². The van der Waals surface area contributed by atoms with E-state index in [9.17, 15) is 14.7 Å². The minimum atomic E-state index is -0.681. The SMILES string of the molecule is CCOC(=O)C1=C(C)N=c2s/c(=C\c3ccc(O)c(Br)c3)c(=O)n2C1c1ccc(OCC)cc1. The highest BCUT2D eigenvalue weighted by Crippen LogP contribution is 2.31. The molecule has 0 saturated carbocycles. The van der Waals surface area contributed by atoms with Crippen molar-refractivity contribution in [3.63, 3.8) is 0 Å². The van der Waals surface area contributed by atoms with E-state index in [1.165, 1.54) is 11.3 Å². The number of benzene rings is 2. The molecule has 4 rings (SSSR count). The number of hydrogen-bond acceptors (Lipinski definition) is 7. The number of allylic oxidation sites excluding steroid dienone is 1. The molecule has 3 aromatic rings. The van der Waals surface area contributed by atoms with Gasteiger partial charge in [0.25, 0.3) is 5.56 Å². The van der Waals surface area contributed by atoms with E-state index in [0.29, 0.717) is 37.4 Å². The largest absolute Gasteiger partial charge is 0.507 e. The molecule has 34 heavy (non-hydrogen) atoms. The summed E-state index contributed by atoms with van der Waals surface area (Å²) in [6.07, 6.45) is 1.74. The Balaban J connectivity index is 1.91. The molecule has 1 aliphatic heterocycles. The third-order valence-electron chi connectivity index (χ3n) is 5.29. The topological polar surface area (TPSA) is 90.1 Å². The van der Waals surface area contributed by atoms with Gasteiger partial charge in [-0.15, -0.1) is 0 Å². The summed E-state index contributed by atoms with van der Waals surface area (Å²) in [7, 11) is 0. The molecule has 2 aromatic carbocycles. The van der Waals surface area contributed by atoms with Crippen molar-refractivity contribution in [1.29, 1.82) is 0 Å². The summed E-state index contributed by atoms with van der Waals surface area (Å²) >= 11 is 4.55. The molecule has 1 atom stereocenters. The van der Waals surface area contributed by atoms with Gasteiger partial charge in [0.1, 0.15) is 11.5 Å². The van der Waals surface area contributed by atoms with E-state index in [4.69, 9.17) is 9.47 Å². The smallest absolute Gasteiger partial charge is 0.338 e. The predicted octanol–water partition coefficient (Wildman–Crippen LogP) is 3.67. The third-order valence-corrected chi connectivity index (χ3v) is 6.91. The van der Waals surface area contributed by atoms with Gasteiger partial charge in [-0.3, -0.25) is 9.36 Å². The van der Waals surface area contributed by atoms with Crippen LogP contribution in [0, 0.1) is 0 Å². The lowest BCUT2D eigenvalue weighted by Crippen LogP contribution is -2.39. The van der Waals surface area contributed by atoms with Crippen LogP contribution in [0.1, 0.15) is 37.9 Å². The molecule has 1 aliphatic rings. The number of esters is 1. The molecule has 9 heteroatoms. The van der Waals surface area contributed by atoms with Crippen molar-refractivity contribution in [2.45, 2.75) is 26.8 Å². The molecule has 0 bridgehead atoms. The number of carbonyl (C=O) groups is 1. The lowest BCUT2D eigenvalue weighted by molar-refractivity contribution is -0.139. The van der Waals surface area contributed by atoms with Crippen molar-refractivity contribution in [3.05, 3.63) is 89.0 Å². The molecule has 0 radical (unpaired) electrons. The van der Waals surface area contributed by atoms with E-state index >= 15 is 0 Å². The number of rotatable bonds is 6. The molecule has 0 amide bonds. The lowest BCUT2D eigenvalue weighted by atomic mass is 9.96. The first-order chi connectivity index (χ1) is 16.3. The van der Waals surface area contributed by atoms with Gasteiger partial charge < -0.3 is 14.6 Å². The van der Waals surface area contributed by atoms with Crippen LogP contribution in [0.15, 0.2) is 68.0 Å². The van der Waals surface area contributed by atoms with Crippen LogP contribution in [0.3, 0.4) is 0 Å². The van der Waals surface area contributed by atoms with Gasteiger partial charge in [0.2, 0.25) is 0 Å². The number of halogens is 1. The zero-order chi connectivity index (χ0) is 24.4. The van der Waals surface area contributed by atoms with Crippen LogP contribution in [0.25, 0.3) is 6.08 Å². The third kappa shape index (κ3) is 4.58. The molecule has 0 saturated heterocycles. The van der Waals surface area contributed by atoms with Crippen LogP contribution < -0.4 is 19.6 Å². The highest BCUT2D eigenvalue weighted by molar-refractivity contribution is 9.10. The Kier molecular flexibility index (Phi) is 7.04. The molecule has 1 unspecified atom stereocenters. The Labute approximate surface area is 208 Å². The van der Waals surface area contributed by atoms with E-state index < -0.39 is 12.0 Å². The summed E-state index contributed by atoms with van der Waals surface area (Å²) in [5.41, 5.74) is 2.07. The number of phenolic OH excluding ortho intramolecular Hbond substituents is 1. The molecule has 1 aromatic heterocycles. The summed E-state index contributed by atoms with van der Waals surface area (Å²) in [5.74, 6) is 0.318. The first-order valence-electron chi connectivity index (χ1n) is 10.7. The van der Waals surface area contributed by atoms with Crippen molar-refractivity contribution in [3.8, 4) is 11.5 Å². The standard InChI is InChI=1S/C25H23BrN2O5S/c1-4-32-17-9-7-16(8-10-17)22-21(24(31)33-5-2)14(3)27-25-28(22)23(30)20(34-25)13-15-6-11-19(29)18(26)12-15/h6-13,22,29H,4-5H2,1-3H3/b20-13-. The van der Waals surface area contributed by atoms with Crippen molar-refractivity contribution in [1.82, 2.24) is 4.57 Å². The van der Waals surface area contributed by atoms with E-state index in [2.05, 4.69) is 20.9 Å². The van der Waals surface area contributed by atoms with E-state index in [-0.39, 0.29) is 17.9 Å². The second kappa shape index (κ2) is 9.99. The van der Waals surface area contributed by atoms with Crippen LogP contribution in [0.2, 0.25) is 0 Å². The van der Waals surface area contributed by atoms with Gasteiger partial charge in [-0.05, 0) is 78.2 Å². The number of nitrogens with zero attached hydrogens (tertiary/aromatic N) is 2. The van der Waals surface area contributed by atoms with Crippen molar-refractivity contribution < 1.29 is 19.4 Å². The number of aromatic nitrogens is 1. The highest BCUT2D eigenvalue weighted by Gasteiger charge is 2.33. The molecular weight excluding hydrogens is 520 g/mol.